The summed E-state index contributed by atoms with van der Waals surface area (Å²) in [5.41, 5.74) is 0.927. The maximum absolute atomic E-state index is 5.83. The van der Waals surface area contributed by atoms with Gasteiger partial charge in [-0.25, -0.2) is 4.68 Å². The summed E-state index contributed by atoms with van der Waals surface area (Å²) in [7, 11) is 0. The van der Waals surface area contributed by atoms with E-state index in [1.54, 1.807) is 0 Å². The highest BCUT2D eigenvalue weighted by molar-refractivity contribution is 9.10. The Kier molecular flexibility index (Phi) is 3.69. The normalized spacial score (nSPS) is 10.9. The number of anilines is 2. The number of nitrogens with one attached hydrogen (secondary N) is 1. The molecule has 4 nitrogen and oxygen atoms in total. The molecule has 1 heterocycles. The minimum Gasteiger partial charge on any atom is -0.324 e. The lowest BCUT2D eigenvalue weighted by molar-refractivity contribution is 0.536. The maximum atomic E-state index is 5.83. The Morgan fingerprint density at radius 3 is 2.53 bits per heavy atom. The lowest BCUT2D eigenvalue weighted by Gasteiger charge is -2.10. The van der Waals surface area contributed by atoms with Gasteiger partial charge in [-0.1, -0.05) is 11.6 Å². The van der Waals surface area contributed by atoms with E-state index < -0.39 is 0 Å². The van der Waals surface area contributed by atoms with Gasteiger partial charge in [0.05, 0.1) is 6.04 Å². The van der Waals surface area contributed by atoms with Crippen LogP contribution in [0.15, 0.2) is 29.0 Å². The minimum atomic E-state index is 0.239. The van der Waals surface area contributed by atoms with E-state index in [0.29, 0.717) is 15.7 Å². The van der Waals surface area contributed by atoms with Crippen LogP contribution in [0.3, 0.4) is 0 Å². The fourth-order valence-corrected chi connectivity index (χ4v) is 1.87. The summed E-state index contributed by atoms with van der Waals surface area (Å²) in [4.78, 5) is 4.27. The fourth-order valence-electron chi connectivity index (χ4n) is 1.40. The fraction of sp³-hybridized carbons (Fsp3) is 0.273. The molecule has 0 saturated heterocycles. The van der Waals surface area contributed by atoms with Crippen LogP contribution in [-0.4, -0.2) is 14.8 Å². The first-order valence-corrected chi connectivity index (χ1v) is 6.38. The number of hydrogen-bond acceptors (Lipinski definition) is 3. The van der Waals surface area contributed by atoms with Crippen molar-refractivity contribution in [1.82, 2.24) is 14.8 Å². The molecule has 0 aliphatic rings. The van der Waals surface area contributed by atoms with Crippen LogP contribution in [0.1, 0.15) is 19.9 Å². The summed E-state index contributed by atoms with van der Waals surface area (Å²) in [6.07, 6.45) is 0. The van der Waals surface area contributed by atoms with Crippen molar-refractivity contribution in [3.8, 4) is 0 Å². The van der Waals surface area contributed by atoms with Crippen LogP contribution in [0.25, 0.3) is 0 Å². The second kappa shape index (κ2) is 5.06. The van der Waals surface area contributed by atoms with Crippen LogP contribution >= 0.6 is 27.5 Å². The Morgan fingerprint density at radius 2 is 1.94 bits per heavy atom. The molecule has 0 aliphatic heterocycles. The second-order valence-electron chi connectivity index (χ2n) is 3.87. The van der Waals surface area contributed by atoms with Crippen LogP contribution < -0.4 is 5.32 Å². The number of aromatic nitrogens is 3. The quantitative estimate of drug-likeness (QED) is 0.930. The standard InChI is InChI=1S/C11H12BrClN4/c1-7(2)17-11(15-10(12)16-17)14-9-5-3-8(13)4-6-9/h3-7H,1-2H3,(H,14,15,16). The zero-order valence-electron chi connectivity index (χ0n) is 9.48. The molecule has 1 aromatic carbocycles. The highest BCUT2D eigenvalue weighted by Gasteiger charge is 2.10. The Labute approximate surface area is 113 Å². The molecular weight excluding hydrogens is 304 g/mol. The molecule has 0 bridgehead atoms. The second-order valence-corrected chi connectivity index (χ2v) is 5.02. The molecule has 1 aromatic heterocycles. The van der Waals surface area contributed by atoms with Gasteiger partial charge in [-0.15, -0.1) is 5.10 Å². The summed E-state index contributed by atoms with van der Waals surface area (Å²) >= 11 is 9.10. The Bertz CT molecular complexity index is 507. The van der Waals surface area contributed by atoms with Crippen molar-refractivity contribution in [2.45, 2.75) is 19.9 Å². The van der Waals surface area contributed by atoms with E-state index in [1.807, 2.05) is 42.8 Å². The van der Waals surface area contributed by atoms with E-state index in [9.17, 15) is 0 Å². The van der Waals surface area contributed by atoms with Gasteiger partial charge in [-0.3, -0.25) is 0 Å². The minimum absolute atomic E-state index is 0.239. The Morgan fingerprint density at radius 1 is 1.29 bits per heavy atom. The molecule has 1 N–H and O–H groups in total. The first-order chi connectivity index (χ1) is 8.06. The first-order valence-electron chi connectivity index (χ1n) is 5.21. The molecule has 0 saturated carbocycles. The van der Waals surface area contributed by atoms with Crippen molar-refractivity contribution < 1.29 is 0 Å². The van der Waals surface area contributed by atoms with Gasteiger partial charge in [0.15, 0.2) is 0 Å². The molecule has 2 aromatic rings. The number of rotatable bonds is 3. The monoisotopic (exact) mass is 314 g/mol. The van der Waals surface area contributed by atoms with Gasteiger partial charge in [0.2, 0.25) is 10.7 Å². The van der Waals surface area contributed by atoms with Crippen LogP contribution in [0.5, 0.6) is 0 Å². The molecule has 6 heteroatoms. The highest BCUT2D eigenvalue weighted by Crippen LogP contribution is 2.21. The van der Waals surface area contributed by atoms with Gasteiger partial charge in [-0.05, 0) is 54.0 Å². The Hall–Kier alpha value is -1.07. The molecule has 0 spiro atoms. The molecule has 0 aliphatic carbocycles. The molecule has 90 valence electrons. The number of benzene rings is 1. The van der Waals surface area contributed by atoms with Crippen LogP contribution in [-0.2, 0) is 0 Å². The van der Waals surface area contributed by atoms with Crippen molar-refractivity contribution >= 4 is 39.2 Å². The van der Waals surface area contributed by atoms with Gasteiger partial charge >= 0.3 is 0 Å². The van der Waals surface area contributed by atoms with Crippen LogP contribution in [0.2, 0.25) is 5.02 Å². The van der Waals surface area contributed by atoms with Gasteiger partial charge in [-0.2, -0.15) is 4.98 Å². The third-order valence-corrected chi connectivity index (χ3v) is 2.78. The molecule has 0 amide bonds. The predicted octanol–water partition coefficient (Wildman–Crippen LogP) is 4.02. The number of hydrogen-bond donors (Lipinski definition) is 1. The SMILES string of the molecule is CC(C)n1nc(Br)nc1Nc1ccc(Cl)cc1. The average Bonchev–Trinajstić information content (AvgIpc) is 2.63. The zero-order valence-corrected chi connectivity index (χ0v) is 11.8. The molecule has 2 rings (SSSR count). The summed E-state index contributed by atoms with van der Waals surface area (Å²) in [6.45, 7) is 4.10. The van der Waals surface area contributed by atoms with E-state index in [-0.39, 0.29) is 6.04 Å². The van der Waals surface area contributed by atoms with Gasteiger partial charge in [0.25, 0.3) is 0 Å². The van der Waals surface area contributed by atoms with Crippen molar-refractivity contribution in [2.24, 2.45) is 0 Å². The largest absolute Gasteiger partial charge is 0.324 e. The smallest absolute Gasteiger partial charge is 0.226 e. The molecular formula is C11H12BrClN4. The lowest BCUT2D eigenvalue weighted by Crippen LogP contribution is -2.07. The lowest BCUT2D eigenvalue weighted by atomic mass is 10.3. The maximum Gasteiger partial charge on any atom is 0.226 e. The molecule has 0 fully saturated rings. The van der Waals surface area contributed by atoms with Gasteiger partial charge in [0.1, 0.15) is 0 Å². The summed E-state index contributed by atoms with van der Waals surface area (Å²) in [6, 6.07) is 7.69. The number of halogens is 2. The van der Waals surface area contributed by atoms with Crippen LogP contribution in [0.4, 0.5) is 11.6 Å². The topological polar surface area (TPSA) is 42.7 Å². The summed E-state index contributed by atoms with van der Waals surface area (Å²) in [5.74, 6) is 0.703. The Balaban J connectivity index is 2.26. The highest BCUT2D eigenvalue weighted by atomic mass is 79.9. The summed E-state index contributed by atoms with van der Waals surface area (Å²) in [5, 5.41) is 8.17. The molecule has 0 atom stereocenters. The molecule has 0 radical (unpaired) electrons. The van der Waals surface area contributed by atoms with Gasteiger partial charge in [0, 0.05) is 10.7 Å². The summed E-state index contributed by atoms with van der Waals surface area (Å²) < 4.78 is 2.39. The third kappa shape index (κ3) is 2.98. The van der Waals surface area contributed by atoms with E-state index in [0.717, 1.165) is 5.69 Å². The van der Waals surface area contributed by atoms with Gasteiger partial charge < -0.3 is 5.32 Å². The molecule has 0 unspecified atom stereocenters. The van der Waals surface area contributed by atoms with E-state index in [2.05, 4.69) is 31.3 Å². The first kappa shape index (κ1) is 12.4. The van der Waals surface area contributed by atoms with Crippen molar-refractivity contribution in [2.75, 3.05) is 5.32 Å². The predicted molar refractivity (Wildman–Crippen MR) is 72.8 cm³/mol. The average molecular weight is 316 g/mol. The number of nitrogens with zero attached hydrogens (tertiary/aromatic N) is 3. The van der Waals surface area contributed by atoms with Crippen molar-refractivity contribution in [3.63, 3.8) is 0 Å². The molecule has 17 heavy (non-hydrogen) atoms. The van der Waals surface area contributed by atoms with E-state index in [4.69, 9.17) is 11.6 Å². The van der Waals surface area contributed by atoms with E-state index in [1.165, 1.54) is 0 Å². The zero-order chi connectivity index (χ0) is 12.4. The van der Waals surface area contributed by atoms with E-state index >= 15 is 0 Å². The van der Waals surface area contributed by atoms with Crippen molar-refractivity contribution in [1.29, 1.82) is 0 Å². The third-order valence-electron chi connectivity index (χ3n) is 2.19. The van der Waals surface area contributed by atoms with Crippen molar-refractivity contribution in [3.05, 3.63) is 34.0 Å². The van der Waals surface area contributed by atoms with Crippen LogP contribution in [0, 0.1) is 0 Å².